The lowest BCUT2D eigenvalue weighted by Gasteiger charge is -2.38. The van der Waals surface area contributed by atoms with Gasteiger partial charge in [-0.3, -0.25) is 4.79 Å². The van der Waals surface area contributed by atoms with Gasteiger partial charge >= 0.3 is 12.1 Å². The fraction of sp³-hybridized carbons (Fsp3) is 0.323. The van der Waals surface area contributed by atoms with E-state index in [4.69, 9.17) is 9.47 Å². The molecule has 0 saturated heterocycles. The quantitative estimate of drug-likeness (QED) is 0.295. The summed E-state index contributed by atoms with van der Waals surface area (Å²) in [5.41, 5.74) is 1.56. The number of likely N-dealkylation sites (N-methyl/N-ethyl adjacent to an activating group) is 1. The van der Waals surface area contributed by atoms with Gasteiger partial charge in [0.2, 0.25) is 0 Å². The van der Waals surface area contributed by atoms with E-state index in [1.807, 2.05) is 6.92 Å². The summed E-state index contributed by atoms with van der Waals surface area (Å²) in [6.45, 7) is 3.84. The topological polar surface area (TPSA) is 132 Å². The summed E-state index contributed by atoms with van der Waals surface area (Å²) in [5.74, 6) is -0.0526. The standard InChI is InChI=1S/C31H36FN5O6/c1-19-16-37(20(2)18-38)29(39)26-15-24(34-30(40)33-22-9-12-25(42-4)13-10-22)11-14-27(26)43-28(19)17-36(3)31(41)35-23-7-5-21(32)6-8-23/h5-15,19-20,28,38H,16-18H2,1-4H3,(H,35,41)(H2,33,34,40)/t19-,20+,28+/m0/s1. The van der Waals surface area contributed by atoms with Gasteiger partial charge in [0, 0.05) is 36.6 Å². The number of nitrogens with one attached hydrogen (secondary N) is 3. The van der Waals surface area contributed by atoms with E-state index in [2.05, 4.69) is 16.0 Å². The van der Waals surface area contributed by atoms with E-state index in [0.717, 1.165) is 0 Å². The number of hydrogen-bond acceptors (Lipinski definition) is 6. The van der Waals surface area contributed by atoms with Gasteiger partial charge < -0.3 is 40.3 Å². The van der Waals surface area contributed by atoms with Crippen LogP contribution in [0, 0.1) is 11.7 Å². The molecule has 0 saturated carbocycles. The van der Waals surface area contributed by atoms with Crippen molar-refractivity contribution in [2.24, 2.45) is 5.92 Å². The van der Waals surface area contributed by atoms with E-state index < -0.39 is 30.0 Å². The molecular weight excluding hydrogens is 557 g/mol. The SMILES string of the molecule is COc1ccc(NC(=O)Nc2ccc3c(c2)C(=O)N([C@H](C)CO)C[C@H](C)[C@@H](CN(C)C(=O)Nc2ccc(F)cc2)O3)cc1. The van der Waals surface area contributed by atoms with Crippen LogP contribution in [0.15, 0.2) is 66.7 Å². The highest BCUT2D eigenvalue weighted by molar-refractivity contribution is 6.02. The van der Waals surface area contributed by atoms with Gasteiger partial charge in [-0.05, 0) is 73.7 Å². The summed E-state index contributed by atoms with van der Waals surface area (Å²) in [6, 6.07) is 15.6. The number of urea groups is 2. The lowest BCUT2D eigenvalue weighted by Crippen LogP contribution is -2.50. The number of ether oxygens (including phenoxy) is 2. The average molecular weight is 594 g/mol. The fourth-order valence-corrected chi connectivity index (χ4v) is 4.59. The molecule has 1 heterocycles. The molecule has 0 radical (unpaired) electrons. The van der Waals surface area contributed by atoms with E-state index in [0.29, 0.717) is 22.8 Å². The molecule has 3 aromatic carbocycles. The largest absolute Gasteiger partial charge is 0.497 e. The van der Waals surface area contributed by atoms with Crippen LogP contribution in [0.2, 0.25) is 0 Å². The first-order valence-electron chi connectivity index (χ1n) is 13.8. The Bertz CT molecular complexity index is 1440. The van der Waals surface area contributed by atoms with E-state index >= 15 is 0 Å². The van der Waals surface area contributed by atoms with Gasteiger partial charge in [0.25, 0.3) is 5.91 Å². The number of amides is 5. The van der Waals surface area contributed by atoms with Crippen LogP contribution in [-0.4, -0.2) is 78.9 Å². The van der Waals surface area contributed by atoms with Crippen molar-refractivity contribution >= 4 is 35.0 Å². The second-order valence-corrected chi connectivity index (χ2v) is 10.5. The molecule has 3 aromatic rings. The molecule has 0 aromatic heterocycles. The van der Waals surface area contributed by atoms with Gasteiger partial charge in [0.1, 0.15) is 23.4 Å². The first-order valence-corrected chi connectivity index (χ1v) is 13.8. The van der Waals surface area contributed by atoms with E-state index in [-0.39, 0.29) is 42.8 Å². The van der Waals surface area contributed by atoms with Gasteiger partial charge in [-0.25, -0.2) is 14.0 Å². The highest BCUT2D eigenvalue weighted by Gasteiger charge is 2.34. The summed E-state index contributed by atoms with van der Waals surface area (Å²) < 4.78 is 24.7. The molecule has 0 aliphatic carbocycles. The molecule has 3 atom stereocenters. The normalized spacial score (nSPS) is 17.0. The lowest BCUT2D eigenvalue weighted by molar-refractivity contribution is 0.0371. The number of benzene rings is 3. The second-order valence-electron chi connectivity index (χ2n) is 10.5. The molecule has 1 aliphatic rings. The van der Waals surface area contributed by atoms with Crippen molar-refractivity contribution in [3.63, 3.8) is 0 Å². The number of fused-ring (bicyclic) bond motifs is 1. The Morgan fingerprint density at radius 2 is 1.65 bits per heavy atom. The Balaban J connectivity index is 1.53. The number of halogens is 1. The Kier molecular flexibility index (Phi) is 10.0. The number of carbonyl (C=O) groups excluding carboxylic acids is 3. The molecule has 228 valence electrons. The van der Waals surface area contributed by atoms with Crippen LogP contribution in [0.25, 0.3) is 0 Å². The molecule has 11 nitrogen and oxygen atoms in total. The van der Waals surface area contributed by atoms with Gasteiger partial charge in [-0.1, -0.05) is 6.92 Å². The first kappa shape index (κ1) is 31.1. The number of carbonyl (C=O) groups is 3. The fourth-order valence-electron chi connectivity index (χ4n) is 4.59. The van der Waals surface area contributed by atoms with E-state index in [9.17, 15) is 23.9 Å². The molecule has 1 aliphatic heterocycles. The maximum Gasteiger partial charge on any atom is 0.323 e. The monoisotopic (exact) mass is 593 g/mol. The van der Waals surface area contributed by atoms with Crippen molar-refractivity contribution in [1.29, 1.82) is 0 Å². The maximum atomic E-state index is 13.7. The third-order valence-electron chi connectivity index (χ3n) is 7.17. The van der Waals surface area contributed by atoms with Crippen molar-refractivity contribution in [1.82, 2.24) is 9.80 Å². The molecule has 0 unspecified atom stereocenters. The van der Waals surface area contributed by atoms with Crippen LogP contribution >= 0.6 is 0 Å². The minimum absolute atomic E-state index is 0.174. The molecule has 5 amide bonds. The van der Waals surface area contributed by atoms with Crippen LogP contribution in [0.1, 0.15) is 24.2 Å². The maximum absolute atomic E-state index is 13.7. The van der Waals surface area contributed by atoms with Crippen molar-refractivity contribution in [2.45, 2.75) is 26.0 Å². The predicted molar refractivity (Wildman–Crippen MR) is 161 cm³/mol. The number of nitrogens with zero attached hydrogens (tertiary/aromatic N) is 2. The number of aliphatic hydroxyl groups excluding tert-OH is 1. The molecule has 12 heteroatoms. The Morgan fingerprint density at radius 1 is 1.05 bits per heavy atom. The summed E-state index contributed by atoms with van der Waals surface area (Å²) in [4.78, 5) is 42.3. The third kappa shape index (κ3) is 7.92. The summed E-state index contributed by atoms with van der Waals surface area (Å²) in [5, 5.41) is 18.1. The van der Waals surface area contributed by atoms with Crippen molar-refractivity contribution < 1.29 is 33.4 Å². The predicted octanol–water partition coefficient (Wildman–Crippen LogP) is 4.86. The van der Waals surface area contributed by atoms with Crippen LogP contribution in [0.4, 0.5) is 31.0 Å². The highest BCUT2D eigenvalue weighted by Crippen LogP contribution is 2.31. The molecule has 43 heavy (non-hydrogen) atoms. The van der Waals surface area contributed by atoms with Crippen molar-refractivity contribution in [3.8, 4) is 11.5 Å². The van der Waals surface area contributed by atoms with E-state index in [1.54, 1.807) is 62.4 Å². The van der Waals surface area contributed by atoms with Crippen LogP contribution in [0.3, 0.4) is 0 Å². The first-order chi connectivity index (χ1) is 20.6. The zero-order valence-electron chi connectivity index (χ0n) is 24.5. The Hall–Kier alpha value is -4.84. The van der Waals surface area contributed by atoms with Crippen LogP contribution in [-0.2, 0) is 0 Å². The molecule has 4 N–H and O–H groups in total. The molecular formula is C31H36FN5O6. The smallest absolute Gasteiger partial charge is 0.323 e. The van der Waals surface area contributed by atoms with Crippen molar-refractivity contribution in [3.05, 3.63) is 78.1 Å². The summed E-state index contributed by atoms with van der Waals surface area (Å²) in [6.07, 6.45) is -0.526. The van der Waals surface area contributed by atoms with Gasteiger partial charge in [-0.15, -0.1) is 0 Å². The van der Waals surface area contributed by atoms with Crippen LogP contribution < -0.4 is 25.4 Å². The molecule has 4 rings (SSSR count). The minimum atomic E-state index is -0.526. The summed E-state index contributed by atoms with van der Waals surface area (Å²) >= 11 is 0. The van der Waals surface area contributed by atoms with Crippen LogP contribution in [0.5, 0.6) is 11.5 Å². The molecule has 0 bridgehead atoms. The van der Waals surface area contributed by atoms with Gasteiger partial charge in [0.15, 0.2) is 0 Å². The number of rotatable bonds is 8. The van der Waals surface area contributed by atoms with Gasteiger partial charge in [0.05, 0.1) is 31.9 Å². The lowest BCUT2D eigenvalue weighted by atomic mass is 9.99. The number of aliphatic hydroxyl groups is 1. The minimum Gasteiger partial charge on any atom is -0.497 e. The molecule has 0 spiro atoms. The zero-order chi connectivity index (χ0) is 31.1. The van der Waals surface area contributed by atoms with Gasteiger partial charge in [-0.2, -0.15) is 0 Å². The third-order valence-corrected chi connectivity index (χ3v) is 7.17. The average Bonchev–Trinajstić information content (AvgIpc) is 3.00. The second kappa shape index (κ2) is 13.9. The molecule has 0 fully saturated rings. The Labute approximate surface area is 249 Å². The summed E-state index contributed by atoms with van der Waals surface area (Å²) in [7, 11) is 3.17. The zero-order valence-corrected chi connectivity index (χ0v) is 24.5. The van der Waals surface area contributed by atoms with Crippen molar-refractivity contribution in [2.75, 3.05) is 49.8 Å². The number of methoxy groups -OCH3 is 1. The number of anilines is 3. The highest BCUT2D eigenvalue weighted by atomic mass is 19.1. The Morgan fingerprint density at radius 3 is 2.30 bits per heavy atom. The number of hydrogen-bond donors (Lipinski definition) is 4. The van der Waals surface area contributed by atoms with E-state index in [1.165, 1.54) is 35.2 Å².